The minimum atomic E-state index is -0.264. The molecule has 1 saturated heterocycles. The lowest BCUT2D eigenvalue weighted by atomic mass is 10.2. The van der Waals surface area contributed by atoms with Crippen molar-refractivity contribution < 1.29 is 14.1 Å². The topological polar surface area (TPSA) is 71.7 Å². The van der Waals surface area contributed by atoms with Gasteiger partial charge < -0.3 is 14.2 Å². The molecule has 1 aliphatic rings. The van der Waals surface area contributed by atoms with E-state index < -0.39 is 0 Å². The van der Waals surface area contributed by atoms with Gasteiger partial charge in [-0.25, -0.2) is 4.79 Å². The highest BCUT2D eigenvalue weighted by Gasteiger charge is 2.23. The minimum absolute atomic E-state index is 0.264. The Morgan fingerprint density at radius 3 is 2.76 bits per heavy atom. The van der Waals surface area contributed by atoms with E-state index in [4.69, 9.17) is 32.5 Å². The molecule has 0 saturated carbocycles. The van der Waals surface area contributed by atoms with E-state index in [1.165, 1.54) is 0 Å². The molecule has 1 aliphatic heterocycles. The van der Waals surface area contributed by atoms with Gasteiger partial charge in [0.2, 0.25) is 0 Å². The Hall–Kier alpha value is -1.83. The van der Waals surface area contributed by atoms with Crippen LogP contribution in [0, 0.1) is 0 Å². The number of carbonyl (C=O) groups excluding carboxylic acids is 1. The summed E-state index contributed by atoms with van der Waals surface area (Å²) in [5.41, 5.74) is 0.611. The number of hydrogen-bond donors (Lipinski definition) is 0. The van der Waals surface area contributed by atoms with Crippen LogP contribution in [0.3, 0.4) is 0 Å². The molecule has 0 atom stereocenters. The van der Waals surface area contributed by atoms with Gasteiger partial charge in [-0.05, 0) is 25.1 Å². The van der Waals surface area contributed by atoms with Gasteiger partial charge in [0, 0.05) is 31.2 Å². The highest BCUT2D eigenvalue weighted by Crippen LogP contribution is 2.29. The van der Waals surface area contributed by atoms with Gasteiger partial charge in [-0.2, -0.15) is 4.98 Å². The second-order valence-corrected chi connectivity index (χ2v) is 6.45. The number of aromatic nitrogens is 2. The molecule has 134 valence electrons. The minimum Gasteiger partial charge on any atom is -0.450 e. The summed E-state index contributed by atoms with van der Waals surface area (Å²) in [4.78, 5) is 20.0. The van der Waals surface area contributed by atoms with Gasteiger partial charge in [0.25, 0.3) is 5.89 Å². The van der Waals surface area contributed by atoms with Gasteiger partial charge in [-0.1, -0.05) is 28.4 Å². The molecule has 9 heteroatoms. The van der Waals surface area contributed by atoms with Gasteiger partial charge >= 0.3 is 6.09 Å². The van der Waals surface area contributed by atoms with Gasteiger partial charge in [0.1, 0.15) is 0 Å². The second-order valence-electron chi connectivity index (χ2n) is 5.60. The van der Waals surface area contributed by atoms with Crippen LogP contribution in [0.2, 0.25) is 10.0 Å². The number of benzene rings is 1. The lowest BCUT2D eigenvalue weighted by Crippen LogP contribution is -2.48. The summed E-state index contributed by atoms with van der Waals surface area (Å²) in [6.07, 6.45) is -0.264. The molecule has 0 unspecified atom stereocenters. The zero-order chi connectivity index (χ0) is 17.8. The third-order valence-corrected chi connectivity index (χ3v) is 4.45. The average Bonchev–Trinajstić information content (AvgIpc) is 3.06. The van der Waals surface area contributed by atoms with Crippen LogP contribution >= 0.6 is 23.2 Å². The molecule has 2 aromatic rings. The highest BCUT2D eigenvalue weighted by molar-refractivity contribution is 6.35. The van der Waals surface area contributed by atoms with Crippen molar-refractivity contribution in [1.29, 1.82) is 0 Å². The molecule has 0 bridgehead atoms. The lowest BCUT2D eigenvalue weighted by Gasteiger charge is -2.33. The molecule has 2 heterocycles. The summed E-state index contributed by atoms with van der Waals surface area (Å²) in [5, 5.41) is 5.06. The van der Waals surface area contributed by atoms with E-state index in [9.17, 15) is 4.79 Å². The highest BCUT2D eigenvalue weighted by atomic mass is 35.5. The van der Waals surface area contributed by atoms with Crippen molar-refractivity contribution in [3.8, 4) is 11.5 Å². The van der Waals surface area contributed by atoms with E-state index in [0.29, 0.717) is 53.6 Å². The smallest absolute Gasteiger partial charge is 0.409 e. The molecule has 0 N–H and O–H groups in total. The Labute approximate surface area is 155 Å². The number of nitrogens with zero attached hydrogens (tertiary/aromatic N) is 4. The molecule has 0 spiro atoms. The first kappa shape index (κ1) is 18.0. The second kappa shape index (κ2) is 8.03. The van der Waals surface area contributed by atoms with E-state index in [0.717, 1.165) is 13.1 Å². The predicted octanol–water partition coefficient (Wildman–Crippen LogP) is 3.32. The number of hydrogen-bond acceptors (Lipinski definition) is 6. The van der Waals surface area contributed by atoms with Crippen LogP contribution in [-0.2, 0) is 11.3 Å². The van der Waals surface area contributed by atoms with E-state index >= 15 is 0 Å². The van der Waals surface area contributed by atoms with E-state index in [2.05, 4.69) is 15.0 Å². The fourth-order valence-corrected chi connectivity index (χ4v) is 2.96. The molecule has 1 aromatic carbocycles. The van der Waals surface area contributed by atoms with Crippen LogP contribution in [0.15, 0.2) is 22.7 Å². The monoisotopic (exact) mass is 384 g/mol. The number of amides is 1. The maximum absolute atomic E-state index is 11.7. The Kier molecular flexibility index (Phi) is 5.78. The van der Waals surface area contributed by atoms with Gasteiger partial charge in [-0.3, -0.25) is 4.90 Å². The fourth-order valence-electron chi connectivity index (χ4n) is 2.59. The van der Waals surface area contributed by atoms with Gasteiger partial charge in [0.15, 0.2) is 5.82 Å². The number of ether oxygens (including phenoxy) is 1. The number of carbonyl (C=O) groups is 1. The number of halogens is 2. The Morgan fingerprint density at radius 2 is 2.04 bits per heavy atom. The average molecular weight is 385 g/mol. The number of rotatable bonds is 4. The molecule has 1 aromatic heterocycles. The van der Waals surface area contributed by atoms with Crippen molar-refractivity contribution in [3.05, 3.63) is 34.1 Å². The van der Waals surface area contributed by atoms with Crippen LogP contribution in [-0.4, -0.2) is 58.8 Å². The molecule has 25 heavy (non-hydrogen) atoms. The zero-order valence-corrected chi connectivity index (χ0v) is 15.3. The molecular weight excluding hydrogens is 367 g/mol. The molecular formula is C16H18Cl2N4O3. The van der Waals surface area contributed by atoms with Crippen LogP contribution < -0.4 is 0 Å². The predicted molar refractivity (Wildman–Crippen MR) is 93.6 cm³/mol. The van der Waals surface area contributed by atoms with Crippen LogP contribution in [0.4, 0.5) is 4.79 Å². The largest absolute Gasteiger partial charge is 0.450 e. The first-order chi connectivity index (χ1) is 12.1. The summed E-state index contributed by atoms with van der Waals surface area (Å²) >= 11 is 12.1. The zero-order valence-electron chi connectivity index (χ0n) is 13.7. The maximum Gasteiger partial charge on any atom is 0.409 e. The first-order valence-electron chi connectivity index (χ1n) is 7.99. The first-order valence-corrected chi connectivity index (χ1v) is 8.74. The van der Waals surface area contributed by atoms with Crippen molar-refractivity contribution in [2.45, 2.75) is 13.5 Å². The molecule has 0 radical (unpaired) electrons. The quantitative estimate of drug-likeness (QED) is 0.804. The van der Waals surface area contributed by atoms with Crippen LogP contribution in [0.5, 0.6) is 0 Å². The van der Waals surface area contributed by atoms with Gasteiger partial charge in [0.05, 0.1) is 23.7 Å². The third kappa shape index (κ3) is 4.42. The van der Waals surface area contributed by atoms with Crippen LogP contribution in [0.1, 0.15) is 12.7 Å². The Bertz CT molecular complexity index is 745. The van der Waals surface area contributed by atoms with Crippen molar-refractivity contribution in [1.82, 2.24) is 19.9 Å². The lowest BCUT2D eigenvalue weighted by molar-refractivity contribution is 0.0769. The van der Waals surface area contributed by atoms with Crippen molar-refractivity contribution >= 4 is 29.3 Å². The van der Waals surface area contributed by atoms with Crippen molar-refractivity contribution in [3.63, 3.8) is 0 Å². The van der Waals surface area contributed by atoms with Crippen molar-refractivity contribution in [2.75, 3.05) is 32.8 Å². The Balaban J connectivity index is 1.59. The summed E-state index contributed by atoms with van der Waals surface area (Å²) in [6.45, 7) is 5.40. The molecule has 7 nitrogen and oxygen atoms in total. The summed E-state index contributed by atoms with van der Waals surface area (Å²) in [5.74, 6) is 0.906. The SMILES string of the molecule is CCOC(=O)N1CCN(Cc2noc(-c3cc(Cl)ccc3Cl)n2)CC1. The van der Waals surface area contributed by atoms with Crippen molar-refractivity contribution in [2.24, 2.45) is 0 Å². The van der Waals surface area contributed by atoms with Gasteiger partial charge in [-0.15, -0.1) is 0 Å². The summed E-state index contributed by atoms with van der Waals surface area (Å²) in [6, 6.07) is 5.09. The third-order valence-electron chi connectivity index (χ3n) is 3.89. The normalized spacial score (nSPS) is 15.4. The van der Waals surface area contributed by atoms with E-state index in [1.807, 2.05) is 0 Å². The molecule has 3 rings (SSSR count). The summed E-state index contributed by atoms with van der Waals surface area (Å²) < 4.78 is 10.3. The van der Waals surface area contributed by atoms with Crippen LogP contribution in [0.25, 0.3) is 11.5 Å². The number of piperazine rings is 1. The molecule has 0 aliphatic carbocycles. The standard InChI is InChI=1S/C16H18Cl2N4O3/c1-2-24-16(23)22-7-5-21(6-8-22)10-14-19-15(25-20-14)12-9-11(17)3-4-13(12)18/h3-4,9H,2,5-8,10H2,1H3. The molecule has 1 fully saturated rings. The fraction of sp³-hybridized carbons (Fsp3) is 0.438. The summed E-state index contributed by atoms with van der Waals surface area (Å²) in [7, 11) is 0. The van der Waals surface area contributed by atoms with E-state index in [1.54, 1.807) is 30.0 Å². The molecule has 1 amide bonds. The van der Waals surface area contributed by atoms with E-state index in [-0.39, 0.29) is 6.09 Å². The Morgan fingerprint density at radius 1 is 1.28 bits per heavy atom. The maximum atomic E-state index is 11.7.